The maximum atomic E-state index is 9.83. The highest BCUT2D eigenvalue weighted by atomic mass is 16.5. The minimum Gasteiger partial charge on any atom is -0.388 e. The molecule has 0 spiro atoms. The predicted octanol–water partition coefficient (Wildman–Crippen LogP) is -1.80. The first-order valence-corrected chi connectivity index (χ1v) is 5.73. The van der Waals surface area contributed by atoms with E-state index in [1.807, 2.05) is 0 Å². The molecular formula is C10H13N5O4. The summed E-state index contributed by atoms with van der Waals surface area (Å²) < 4.78 is 5.24. The summed E-state index contributed by atoms with van der Waals surface area (Å²) in [5, 5.41) is 31.6. The second-order valence-corrected chi connectivity index (χ2v) is 4.27. The summed E-state index contributed by atoms with van der Waals surface area (Å²) in [6, 6.07) is 0. The molecule has 1 aliphatic heterocycles. The van der Waals surface area contributed by atoms with Gasteiger partial charge in [-0.25, -0.2) is 15.0 Å². The normalized spacial score (nSPS) is 31.5. The largest absolute Gasteiger partial charge is 0.388 e. The van der Waals surface area contributed by atoms with E-state index in [1.54, 1.807) is 0 Å². The number of hydrogen-bond donors (Lipinski definition) is 5. The molecule has 9 nitrogen and oxygen atoms in total. The number of anilines is 1. The first-order chi connectivity index (χ1) is 9.16. The van der Waals surface area contributed by atoms with E-state index < -0.39 is 24.5 Å². The van der Waals surface area contributed by atoms with Crippen molar-refractivity contribution in [2.45, 2.75) is 24.5 Å². The summed E-state index contributed by atoms with van der Waals surface area (Å²) >= 11 is 0. The van der Waals surface area contributed by atoms with Crippen molar-refractivity contribution >= 4 is 17.0 Å². The minimum absolute atomic E-state index is 0.0763. The minimum atomic E-state index is -1.27. The number of fused-ring (bicyclic) bond motifs is 1. The molecule has 0 bridgehead atoms. The number of aliphatic hydroxyl groups is 3. The van der Waals surface area contributed by atoms with Gasteiger partial charge in [0.25, 0.3) is 0 Å². The fourth-order valence-corrected chi connectivity index (χ4v) is 1.94. The van der Waals surface area contributed by atoms with E-state index in [-0.39, 0.29) is 6.61 Å². The molecule has 5 N–H and O–H groups in total. The second-order valence-electron chi connectivity index (χ2n) is 4.27. The van der Waals surface area contributed by atoms with Crippen LogP contribution in [0.15, 0.2) is 12.7 Å². The molecule has 9 heteroatoms. The van der Waals surface area contributed by atoms with Crippen molar-refractivity contribution in [3.8, 4) is 0 Å². The Morgan fingerprint density at radius 3 is 2.89 bits per heavy atom. The van der Waals surface area contributed by atoms with Crippen LogP contribution in [0.5, 0.6) is 0 Å². The Balaban J connectivity index is 1.83. The van der Waals surface area contributed by atoms with Crippen molar-refractivity contribution in [2.24, 2.45) is 0 Å². The number of imidazole rings is 1. The molecule has 4 atom stereocenters. The lowest BCUT2D eigenvalue weighted by molar-refractivity contribution is -0.178. The van der Waals surface area contributed by atoms with Crippen molar-refractivity contribution < 1.29 is 20.1 Å². The van der Waals surface area contributed by atoms with Gasteiger partial charge in [0.05, 0.1) is 12.9 Å². The van der Waals surface area contributed by atoms with E-state index in [1.165, 1.54) is 12.7 Å². The van der Waals surface area contributed by atoms with Crippen LogP contribution in [0.4, 0.5) is 5.82 Å². The molecule has 0 saturated carbocycles. The maximum Gasteiger partial charge on any atom is 0.182 e. The van der Waals surface area contributed by atoms with Gasteiger partial charge in [-0.15, -0.1) is 0 Å². The third-order valence-electron chi connectivity index (χ3n) is 3.00. The number of aliphatic hydroxyl groups excluding tert-OH is 3. The highest BCUT2D eigenvalue weighted by Gasteiger charge is 2.37. The molecule has 0 unspecified atom stereocenters. The van der Waals surface area contributed by atoms with Crippen LogP contribution in [-0.4, -0.2) is 66.4 Å². The van der Waals surface area contributed by atoms with Crippen LogP contribution in [0.1, 0.15) is 0 Å². The number of aromatic nitrogens is 4. The molecule has 0 aromatic carbocycles. The molecule has 0 aliphatic carbocycles. The standard InChI is InChI=1S/C10H13N5O4/c16-4-1-19-10(7(18)6(4)17)15-9-5-8(12-2-11-5)13-3-14-9/h2-4,6-7,10,16-18H,1H2,(H2,11,12,13,14,15)/t4-,6-,7-,10-/m1/s1. The van der Waals surface area contributed by atoms with Gasteiger partial charge in [-0.2, -0.15) is 0 Å². The van der Waals surface area contributed by atoms with Crippen LogP contribution < -0.4 is 5.32 Å². The van der Waals surface area contributed by atoms with Gasteiger partial charge in [0.1, 0.15) is 30.2 Å². The molecule has 2 aromatic rings. The smallest absolute Gasteiger partial charge is 0.182 e. The Labute approximate surface area is 107 Å². The van der Waals surface area contributed by atoms with Gasteiger partial charge in [-0.05, 0) is 0 Å². The molecule has 1 aliphatic rings. The lowest BCUT2D eigenvalue weighted by Gasteiger charge is -2.35. The van der Waals surface area contributed by atoms with Crippen LogP contribution in [-0.2, 0) is 4.74 Å². The van der Waals surface area contributed by atoms with E-state index in [0.29, 0.717) is 17.0 Å². The van der Waals surface area contributed by atoms with Crippen molar-refractivity contribution in [1.29, 1.82) is 0 Å². The Morgan fingerprint density at radius 1 is 1.21 bits per heavy atom. The topological polar surface area (TPSA) is 136 Å². The number of aromatic amines is 1. The Morgan fingerprint density at radius 2 is 2.05 bits per heavy atom. The van der Waals surface area contributed by atoms with Crippen molar-refractivity contribution in [2.75, 3.05) is 11.9 Å². The zero-order chi connectivity index (χ0) is 13.4. The monoisotopic (exact) mass is 267 g/mol. The molecular weight excluding hydrogens is 254 g/mol. The van der Waals surface area contributed by atoms with Crippen LogP contribution >= 0.6 is 0 Å². The van der Waals surface area contributed by atoms with Gasteiger partial charge in [-0.3, -0.25) is 0 Å². The van der Waals surface area contributed by atoms with Crippen LogP contribution in [0, 0.1) is 0 Å². The lowest BCUT2D eigenvalue weighted by Crippen LogP contribution is -2.55. The molecule has 2 aromatic heterocycles. The molecule has 1 saturated heterocycles. The quantitative estimate of drug-likeness (QED) is 0.430. The summed E-state index contributed by atoms with van der Waals surface area (Å²) in [5.41, 5.74) is 1.04. The molecule has 1 fully saturated rings. The van der Waals surface area contributed by atoms with Crippen LogP contribution in [0.3, 0.4) is 0 Å². The first-order valence-electron chi connectivity index (χ1n) is 5.73. The maximum absolute atomic E-state index is 9.83. The summed E-state index contributed by atoms with van der Waals surface area (Å²) in [7, 11) is 0. The molecule has 102 valence electrons. The summed E-state index contributed by atoms with van der Waals surface area (Å²) in [6.07, 6.45) is -1.72. The Bertz CT molecular complexity index is 576. The van der Waals surface area contributed by atoms with Crippen molar-refractivity contribution in [1.82, 2.24) is 19.9 Å². The van der Waals surface area contributed by atoms with Gasteiger partial charge < -0.3 is 30.4 Å². The molecule has 0 amide bonds. The summed E-state index contributed by atoms with van der Waals surface area (Å²) in [5.74, 6) is 0.398. The van der Waals surface area contributed by atoms with Gasteiger partial charge in [0, 0.05) is 0 Å². The highest BCUT2D eigenvalue weighted by Crippen LogP contribution is 2.20. The fraction of sp³-hybridized carbons (Fsp3) is 0.500. The Kier molecular flexibility index (Phi) is 3.03. The number of nitrogens with one attached hydrogen (secondary N) is 2. The lowest BCUT2D eigenvalue weighted by atomic mass is 10.0. The molecule has 3 heterocycles. The van der Waals surface area contributed by atoms with E-state index in [4.69, 9.17) is 4.74 Å². The summed E-state index contributed by atoms with van der Waals surface area (Å²) in [4.78, 5) is 14.8. The first kappa shape index (κ1) is 12.2. The van der Waals surface area contributed by atoms with E-state index in [0.717, 1.165) is 0 Å². The van der Waals surface area contributed by atoms with Crippen LogP contribution in [0.25, 0.3) is 11.2 Å². The molecule has 19 heavy (non-hydrogen) atoms. The van der Waals surface area contributed by atoms with E-state index >= 15 is 0 Å². The van der Waals surface area contributed by atoms with Gasteiger partial charge in [0.15, 0.2) is 17.7 Å². The fourth-order valence-electron chi connectivity index (χ4n) is 1.94. The second kappa shape index (κ2) is 4.70. The molecule has 0 radical (unpaired) electrons. The van der Waals surface area contributed by atoms with E-state index in [2.05, 4.69) is 25.3 Å². The van der Waals surface area contributed by atoms with E-state index in [9.17, 15) is 15.3 Å². The molecule has 3 rings (SSSR count). The number of nitrogens with zero attached hydrogens (tertiary/aromatic N) is 3. The average molecular weight is 267 g/mol. The number of ether oxygens (including phenoxy) is 1. The highest BCUT2D eigenvalue weighted by molar-refractivity contribution is 5.81. The Hall–Kier alpha value is -1.81. The van der Waals surface area contributed by atoms with Crippen LogP contribution in [0.2, 0.25) is 0 Å². The average Bonchev–Trinajstić information content (AvgIpc) is 2.89. The van der Waals surface area contributed by atoms with Crippen molar-refractivity contribution in [3.63, 3.8) is 0 Å². The number of H-pyrrole nitrogens is 1. The summed E-state index contributed by atoms with van der Waals surface area (Å²) in [6.45, 7) is -0.0763. The third-order valence-corrected chi connectivity index (χ3v) is 3.00. The van der Waals surface area contributed by atoms with Gasteiger partial charge >= 0.3 is 0 Å². The zero-order valence-electron chi connectivity index (χ0n) is 9.76. The number of rotatable bonds is 2. The van der Waals surface area contributed by atoms with Gasteiger partial charge in [-0.1, -0.05) is 0 Å². The SMILES string of the molecule is O[C@@H]1[C@H](O)[C@H](O)CO[C@H]1Nc1ncnc2nc[nH]c12. The third kappa shape index (κ3) is 2.12. The van der Waals surface area contributed by atoms with Crippen molar-refractivity contribution in [3.05, 3.63) is 12.7 Å². The predicted molar refractivity (Wildman–Crippen MR) is 63.1 cm³/mol. The number of hydrogen-bond acceptors (Lipinski definition) is 8. The zero-order valence-corrected chi connectivity index (χ0v) is 9.76. The van der Waals surface area contributed by atoms with Gasteiger partial charge in [0.2, 0.25) is 0 Å².